The molecule has 0 saturated carbocycles. The van der Waals surface area contributed by atoms with E-state index in [1.807, 2.05) is 0 Å². The number of hydrogen-bond donors (Lipinski definition) is 1. The van der Waals surface area contributed by atoms with Crippen molar-refractivity contribution in [1.82, 2.24) is 0 Å². The van der Waals surface area contributed by atoms with Gasteiger partial charge in [0.25, 0.3) is 0 Å². The molecule has 5 nitrogen and oxygen atoms in total. The topological polar surface area (TPSA) is 71.4 Å². The number of piperidine rings is 1. The molecule has 0 aromatic rings. The normalized spacial score (nSPS) is 20.1. The quantitative estimate of drug-likeness (QED) is 0.798. The molecule has 102 valence electrons. The monoisotopic (exact) mass is 274 g/mol. The molecule has 0 radical (unpaired) electrons. The Bertz CT molecular complexity index is 350. The predicted octanol–water partition coefficient (Wildman–Crippen LogP) is 2.11. The fourth-order valence-electron chi connectivity index (χ4n) is 2.29. The highest BCUT2D eigenvalue weighted by atomic mass is 32.2. The van der Waals surface area contributed by atoms with Gasteiger partial charge in [-0.3, -0.25) is 4.79 Å². The predicted molar refractivity (Wildman–Crippen MR) is 69.2 cm³/mol. The maximum atomic E-state index is 12.3. The second-order valence-corrected chi connectivity index (χ2v) is 6.00. The number of carboxylic acid groups (broad SMARTS) is 1. The smallest absolute Gasteiger partial charge is 0.435 e. The van der Waals surface area contributed by atoms with E-state index >= 15 is 0 Å². The van der Waals surface area contributed by atoms with Crippen LogP contribution in [-0.2, 0) is 9.59 Å². The molecule has 0 aromatic heterocycles. The van der Waals surface area contributed by atoms with E-state index in [1.54, 1.807) is 6.92 Å². The van der Waals surface area contributed by atoms with Crippen LogP contribution >= 0.6 is 11.8 Å². The van der Waals surface area contributed by atoms with Gasteiger partial charge in [-0.05, 0) is 26.2 Å². The molecule has 1 atom stereocenters. The third-order valence-corrected chi connectivity index (χ3v) is 4.40. The van der Waals surface area contributed by atoms with Gasteiger partial charge in [0, 0.05) is 12.7 Å². The van der Waals surface area contributed by atoms with E-state index in [0.29, 0.717) is 18.8 Å². The maximum absolute atomic E-state index is 12.3. The van der Waals surface area contributed by atoms with Crippen molar-refractivity contribution in [3.05, 3.63) is 0 Å². The second kappa shape index (κ2) is 6.33. The SMILES string of the molecule is CC(=O)SCC(C)C(=O)[N+]1(C(=O)O)CCCCC1. The van der Waals surface area contributed by atoms with Crippen LogP contribution in [0.1, 0.15) is 33.1 Å². The molecule has 1 unspecified atom stereocenters. The van der Waals surface area contributed by atoms with Gasteiger partial charge in [-0.25, -0.2) is 4.79 Å². The zero-order valence-electron chi connectivity index (χ0n) is 10.8. The van der Waals surface area contributed by atoms with Crippen LogP contribution in [-0.4, -0.2) is 45.5 Å². The Labute approximate surface area is 111 Å². The Morgan fingerprint density at radius 3 is 2.22 bits per heavy atom. The lowest BCUT2D eigenvalue weighted by Gasteiger charge is -2.34. The van der Waals surface area contributed by atoms with Crippen LogP contribution in [0.15, 0.2) is 0 Å². The van der Waals surface area contributed by atoms with Crippen molar-refractivity contribution in [1.29, 1.82) is 0 Å². The van der Waals surface area contributed by atoms with Crippen molar-refractivity contribution in [2.24, 2.45) is 5.92 Å². The molecule has 1 saturated heterocycles. The largest absolute Gasteiger partial charge is 0.521 e. The summed E-state index contributed by atoms with van der Waals surface area (Å²) < 4.78 is -0.459. The summed E-state index contributed by atoms with van der Waals surface area (Å²) in [6, 6.07) is 0. The Kier molecular flexibility index (Phi) is 5.34. The zero-order valence-corrected chi connectivity index (χ0v) is 11.7. The zero-order chi connectivity index (χ0) is 13.8. The first-order valence-corrected chi connectivity index (χ1v) is 7.17. The van der Waals surface area contributed by atoms with Crippen molar-refractivity contribution in [2.45, 2.75) is 33.1 Å². The van der Waals surface area contributed by atoms with Gasteiger partial charge in [-0.15, -0.1) is 0 Å². The Balaban J connectivity index is 2.76. The minimum atomic E-state index is -1.06. The number of rotatable bonds is 3. The minimum absolute atomic E-state index is 0.0461. The van der Waals surface area contributed by atoms with Crippen molar-refractivity contribution in [3.8, 4) is 0 Å². The molecular weight excluding hydrogens is 254 g/mol. The van der Waals surface area contributed by atoms with E-state index in [1.165, 1.54) is 6.92 Å². The van der Waals surface area contributed by atoms with Gasteiger partial charge in [0.05, 0.1) is 19.0 Å². The van der Waals surface area contributed by atoms with Crippen LogP contribution in [0, 0.1) is 5.92 Å². The van der Waals surface area contributed by atoms with Crippen LogP contribution < -0.4 is 0 Å². The first-order chi connectivity index (χ1) is 8.40. The van der Waals surface area contributed by atoms with E-state index in [-0.39, 0.29) is 11.0 Å². The average Bonchev–Trinajstić information content (AvgIpc) is 2.35. The van der Waals surface area contributed by atoms with Gasteiger partial charge >= 0.3 is 12.0 Å². The van der Waals surface area contributed by atoms with Gasteiger partial charge in [0.2, 0.25) is 0 Å². The summed E-state index contributed by atoms with van der Waals surface area (Å²) in [5.74, 6) is -0.314. The fraction of sp³-hybridized carbons (Fsp3) is 0.750. The van der Waals surface area contributed by atoms with E-state index in [0.717, 1.165) is 31.0 Å². The van der Waals surface area contributed by atoms with Gasteiger partial charge in [-0.1, -0.05) is 11.8 Å². The van der Waals surface area contributed by atoms with Crippen molar-refractivity contribution >= 4 is 28.9 Å². The number of thioether (sulfide) groups is 1. The van der Waals surface area contributed by atoms with Crippen LogP contribution in [0.3, 0.4) is 0 Å². The molecule has 1 heterocycles. The van der Waals surface area contributed by atoms with E-state index in [2.05, 4.69) is 0 Å². The Hall–Kier alpha value is -0.880. The van der Waals surface area contributed by atoms with Gasteiger partial charge in [0.15, 0.2) is 5.12 Å². The third kappa shape index (κ3) is 3.32. The first kappa shape index (κ1) is 15.2. The first-order valence-electron chi connectivity index (χ1n) is 6.18. The summed E-state index contributed by atoms with van der Waals surface area (Å²) >= 11 is 1.08. The summed E-state index contributed by atoms with van der Waals surface area (Å²) in [5, 5.41) is 9.32. The van der Waals surface area contributed by atoms with E-state index in [9.17, 15) is 19.5 Å². The van der Waals surface area contributed by atoms with Crippen molar-refractivity contribution < 1.29 is 24.0 Å². The van der Waals surface area contributed by atoms with E-state index in [4.69, 9.17) is 0 Å². The molecule has 0 aromatic carbocycles. The number of imide groups is 1. The second-order valence-electron chi connectivity index (χ2n) is 4.80. The number of nitrogens with zero attached hydrogens (tertiary/aromatic N) is 1. The lowest BCUT2D eigenvalue weighted by atomic mass is 10.0. The molecule has 1 rings (SSSR count). The number of carbonyl (C=O) groups excluding carboxylic acids is 2. The molecule has 0 aliphatic carbocycles. The fourth-order valence-corrected chi connectivity index (χ4v) is 2.92. The van der Waals surface area contributed by atoms with Crippen molar-refractivity contribution in [3.63, 3.8) is 0 Å². The van der Waals surface area contributed by atoms with Gasteiger partial charge in [0.1, 0.15) is 0 Å². The number of likely N-dealkylation sites (tertiary alicyclic amines) is 1. The highest BCUT2D eigenvalue weighted by Gasteiger charge is 2.47. The lowest BCUT2D eigenvalue weighted by molar-refractivity contribution is -0.789. The number of amides is 2. The molecule has 2 amide bonds. The van der Waals surface area contributed by atoms with Crippen LogP contribution in [0.4, 0.5) is 4.79 Å². The highest BCUT2D eigenvalue weighted by molar-refractivity contribution is 8.13. The molecular formula is C12H20NO4S+. The summed E-state index contributed by atoms with van der Waals surface area (Å²) in [6.45, 7) is 3.91. The van der Waals surface area contributed by atoms with Crippen LogP contribution in [0.2, 0.25) is 0 Å². The Morgan fingerprint density at radius 1 is 1.22 bits per heavy atom. The van der Waals surface area contributed by atoms with Gasteiger partial charge < -0.3 is 5.11 Å². The molecule has 1 aliphatic heterocycles. The standard InChI is InChI=1S/C12H19NO4S/c1-9(8-18-10(2)14)11(15)13(12(16)17)6-4-3-5-7-13/h9H,3-8H2,1-2H3/p+1. The average molecular weight is 274 g/mol. The number of hydrogen-bond acceptors (Lipinski definition) is 4. The molecule has 0 spiro atoms. The number of carbonyl (C=O) groups is 3. The summed E-state index contributed by atoms with van der Waals surface area (Å²) in [5.41, 5.74) is 0. The Morgan fingerprint density at radius 2 is 1.78 bits per heavy atom. The van der Waals surface area contributed by atoms with Crippen LogP contribution in [0.25, 0.3) is 0 Å². The van der Waals surface area contributed by atoms with E-state index < -0.39 is 16.5 Å². The number of quaternary nitrogens is 1. The molecule has 1 aliphatic rings. The minimum Gasteiger partial charge on any atom is -0.435 e. The lowest BCUT2D eigenvalue weighted by Crippen LogP contribution is -2.61. The summed E-state index contributed by atoms with van der Waals surface area (Å²) in [6.07, 6.45) is 1.46. The third-order valence-electron chi connectivity index (χ3n) is 3.33. The molecule has 1 fully saturated rings. The molecule has 18 heavy (non-hydrogen) atoms. The summed E-state index contributed by atoms with van der Waals surface area (Å²) in [4.78, 5) is 34.7. The van der Waals surface area contributed by atoms with Crippen LogP contribution in [0.5, 0.6) is 0 Å². The summed E-state index contributed by atoms with van der Waals surface area (Å²) in [7, 11) is 0. The van der Waals surface area contributed by atoms with Crippen molar-refractivity contribution in [2.75, 3.05) is 18.8 Å². The van der Waals surface area contributed by atoms with Gasteiger partial charge in [-0.2, -0.15) is 9.28 Å². The maximum Gasteiger partial charge on any atom is 0.521 e. The molecule has 1 N–H and O–H groups in total. The molecule has 0 bridgehead atoms. The molecule has 6 heteroatoms. The highest BCUT2D eigenvalue weighted by Crippen LogP contribution is 2.24.